The van der Waals surface area contributed by atoms with Gasteiger partial charge in [0.2, 0.25) is 0 Å². The van der Waals surface area contributed by atoms with E-state index in [1.165, 1.54) is 5.56 Å². The fraction of sp³-hybridized carbons (Fsp3) is 0.357. The molecule has 0 aromatic heterocycles. The molecule has 4 nitrogen and oxygen atoms in total. The van der Waals surface area contributed by atoms with E-state index in [0.717, 1.165) is 12.5 Å². The van der Waals surface area contributed by atoms with Gasteiger partial charge in [-0.3, -0.25) is 0 Å². The fourth-order valence-corrected chi connectivity index (χ4v) is 1.30. The van der Waals surface area contributed by atoms with Gasteiger partial charge in [-0.15, -0.1) is 0 Å². The summed E-state index contributed by atoms with van der Waals surface area (Å²) in [5.74, 6) is 0.127. The standard InChI is InChI=1S/C14H18O4/c1-3-11-5-7-13(8-6-11)17-9-12(15)10-18-14(16)4-2/h4-8,12,15H,2-3,9-10H2,1H3. The van der Waals surface area contributed by atoms with E-state index < -0.39 is 12.1 Å². The largest absolute Gasteiger partial charge is 0.491 e. The Hall–Kier alpha value is -1.81. The molecule has 1 rings (SSSR count). The third-order valence-corrected chi connectivity index (χ3v) is 2.36. The molecule has 0 fully saturated rings. The number of hydrogen-bond donors (Lipinski definition) is 1. The maximum atomic E-state index is 10.8. The highest BCUT2D eigenvalue weighted by molar-refractivity contribution is 5.81. The molecule has 0 aliphatic rings. The van der Waals surface area contributed by atoms with E-state index in [9.17, 15) is 9.90 Å². The van der Waals surface area contributed by atoms with Gasteiger partial charge in [0.15, 0.2) is 0 Å². The minimum atomic E-state index is -0.847. The van der Waals surface area contributed by atoms with E-state index in [-0.39, 0.29) is 13.2 Å². The van der Waals surface area contributed by atoms with Crippen LogP contribution in [0.15, 0.2) is 36.9 Å². The molecule has 0 spiro atoms. The van der Waals surface area contributed by atoms with Gasteiger partial charge in [-0.05, 0) is 24.1 Å². The average molecular weight is 250 g/mol. The minimum Gasteiger partial charge on any atom is -0.491 e. The van der Waals surface area contributed by atoms with E-state index in [0.29, 0.717) is 5.75 Å². The summed E-state index contributed by atoms with van der Waals surface area (Å²) in [7, 11) is 0. The van der Waals surface area contributed by atoms with E-state index in [1.807, 2.05) is 24.3 Å². The Kier molecular flexibility index (Phi) is 5.94. The predicted molar refractivity (Wildman–Crippen MR) is 68.5 cm³/mol. The highest BCUT2D eigenvalue weighted by Gasteiger charge is 2.07. The molecule has 1 unspecified atom stereocenters. The van der Waals surface area contributed by atoms with Crippen LogP contribution in [0.1, 0.15) is 12.5 Å². The van der Waals surface area contributed by atoms with Gasteiger partial charge in [0, 0.05) is 6.08 Å². The summed E-state index contributed by atoms with van der Waals surface area (Å²) in [6.07, 6.45) is 1.18. The molecule has 0 aliphatic heterocycles. The Balaban J connectivity index is 2.30. The van der Waals surface area contributed by atoms with Crippen molar-refractivity contribution in [3.8, 4) is 5.75 Å². The topological polar surface area (TPSA) is 55.8 Å². The lowest BCUT2D eigenvalue weighted by Gasteiger charge is -2.12. The average Bonchev–Trinajstić information content (AvgIpc) is 2.42. The van der Waals surface area contributed by atoms with Gasteiger partial charge in [0.25, 0.3) is 0 Å². The van der Waals surface area contributed by atoms with Crippen molar-refractivity contribution in [2.75, 3.05) is 13.2 Å². The molecule has 18 heavy (non-hydrogen) atoms. The van der Waals surface area contributed by atoms with Crippen LogP contribution in [0.2, 0.25) is 0 Å². The van der Waals surface area contributed by atoms with Crippen molar-refractivity contribution in [1.29, 1.82) is 0 Å². The second kappa shape index (κ2) is 7.50. The molecule has 0 radical (unpaired) electrons. The van der Waals surface area contributed by atoms with Gasteiger partial charge in [0.05, 0.1) is 0 Å². The van der Waals surface area contributed by atoms with E-state index in [4.69, 9.17) is 9.47 Å². The first kappa shape index (κ1) is 14.3. The lowest BCUT2D eigenvalue weighted by Crippen LogP contribution is -2.24. The SMILES string of the molecule is C=CC(=O)OCC(O)COc1ccc(CC)cc1. The van der Waals surface area contributed by atoms with Gasteiger partial charge in [-0.2, -0.15) is 0 Å². The first-order valence-corrected chi connectivity index (χ1v) is 5.84. The van der Waals surface area contributed by atoms with Crippen LogP contribution in [-0.4, -0.2) is 30.4 Å². The molecule has 0 saturated heterocycles. The number of hydrogen-bond acceptors (Lipinski definition) is 4. The predicted octanol–water partition coefficient (Wildman–Crippen LogP) is 1.72. The summed E-state index contributed by atoms with van der Waals surface area (Å²) in [6.45, 7) is 5.32. The van der Waals surface area contributed by atoms with E-state index >= 15 is 0 Å². The van der Waals surface area contributed by atoms with Gasteiger partial charge >= 0.3 is 5.97 Å². The zero-order chi connectivity index (χ0) is 13.4. The molecule has 0 bridgehead atoms. The third-order valence-electron chi connectivity index (χ3n) is 2.36. The quantitative estimate of drug-likeness (QED) is 0.591. The van der Waals surface area contributed by atoms with Crippen LogP contribution in [0, 0.1) is 0 Å². The van der Waals surface area contributed by atoms with Gasteiger partial charge in [-0.25, -0.2) is 4.79 Å². The van der Waals surface area contributed by atoms with Crippen LogP contribution < -0.4 is 4.74 Å². The van der Waals surface area contributed by atoms with Gasteiger partial charge in [-0.1, -0.05) is 25.6 Å². The molecule has 0 heterocycles. The highest BCUT2D eigenvalue weighted by atomic mass is 16.5. The first-order chi connectivity index (χ1) is 8.65. The van der Waals surface area contributed by atoms with Crippen LogP contribution in [0.25, 0.3) is 0 Å². The molecular formula is C14H18O4. The molecular weight excluding hydrogens is 232 g/mol. The van der Waals surface area contributed by atoms with Crippen LogP contribution in [0.3, 0.4) is 0 Å². The van der Waals surface area contributed by atoms with Gasteiger partial charge in [0.1, 0.15) is 25.1 Å². The minimum absolute atomic E-state index is 0.0793. The van der Waals surface area contributed by atoms with E-state index in [2.05, 4.69) is 13.5 Å². The number of esters is 1. The Labute approximate surface area is 107 Å². The molecule has 1 atom stereocenters. The zero-order valence-electron chi connectivity index (χ0n) is 10.5. The molecule has 1 N–H and O–H groups in total. The summed E-state index contributed by atoms with van der Waals surface area (Å²) in [5, 5.41) is 9.52. The molecule has 4 heteroatoms. The normalized spacial score (nSPS) is 11.7. The lowest BCUT2D eigenvalue weighted by atomic mass is 10.2. The molecule has 1 aromatic carbocycles. The Morgan fingerprint density at radius 1 is 1.39 bits per heavy atom. The van der Waals surface area contributed by atoms with Crippen LogP contribution in [-0.2, 0) is 16.0 Å². The van der Waals surface area contributed by atoms with Crippen molar-refractivity contribution in [1.82, 2.24) is 0 Å². The zero-order valence-corrected chi connectivity index (χ0v) is 10.5. The Morgan fingerprint density at radius 2 is 2.06 bits per heavy atom. The van der Waals surface area contributed by atoms with E-state index in [1.54, 1.807) is 0 Å². The molecule has 0 aliphatic carbocycles. The molecule has 0 saturated carbocycles. The summed E-state index contributed by atoms with van der Waals surface area (Å²) in [4.78, 5) is 10.8. The second-order valence-corrected chi connectivity index (χ2v) is 3.80. The number of ether oxygens (including phenoxy) is 2. The number of carbonyl (C=O) groups is 1. The van der Waals surface area contributed by atoms with Crippen molar-refractivity contribution in [2.45, 2.75) is 19.4 Å². The second-order valence-electron chi connectivity index (χ2n) is 3.80. The lowest BCUT2D eigenvalue weighted by molar-refractivity contribution is -0.141. The number of aryl methyl sites for hydroxylation is 1. The summed E-state index contributed by atoms with van der Waals surface area (Å²) >= 11 is 0. The summed E-state index contributed by atoms with van der Waals surface area (Å²) in [5.41, 5.74) is 1.22. The fourth-order valence-electron chi connectivity index (χ4n) is 1.30. The number of aliphatic hydroxyl groups is 1. The number of carbonyl (C=O) groups excluding carboxylic acids is 1. The van der Waals surface area contributed by atoms with Crippen LogP contribution in [0.5, 0.6) is 5.75 Å². The maximum Gasteiger partial charge on any atom is 0.330 e. The highest BCUT2D eigenvalue weighted by Crippen LogP contribution is 2.12. The van der Waals surface area contributed by atoms with Crippen LogP contribution >= 0.6 is 0 Å². The Bertz CT molecular complexity index is 383. The van der Waals surface area contributed by atoms with Crippen molar-refractivity contribution in [3.05, 3.63) is 42.5 Å². The third kappa shape index (κ3) is 5.01. The smallest absolute Gasteiger partial charge is 0.330 e. The van der Waals surface area contributed by atoms with Crippen molar-refractivity contribution in [3.63, 3.8) is 0 Å². The van der Waals surface area contributed by atoms with Gasteiger partial charge < -0.3 is 14.6 Å². The Morgan fingerprint density at radius 3 is 2.61 bits per heavy atom. The molecule has 1 aromatic rings. The number of rotatable bonds is 7. The maximum absolute atomic E-state index is 10.8. The van der Waals surface area contributed by atoms with Crippen LogP contribution in [0.4, 0.5) is 0 Å². The van der Waals surface area contributed by atoms with Crippen molar-refractivity contribution >= 4 is 5.97 Å². The van der Waals surface area contributed by atoms with Crippen molar-refractivity contribution in [2.24, 2.45) is 0 Å². The first-order valence-electron chi connectivity index (χ1n) is 5.84. The number of aliphatic hydroxyl groups excluding tert-OH is 1. The molecule has 0 amide bonds. The number of benzene rings is 1. The molecule has 98 valence electrons. The summed E-state index contributed by atoms with van der Waals surface area (Å²) in [6, 6.07) is 7.64. The monoisotopic (exact) mass is 250 g/mol. The summed E-state index contributed by atoms with van der Waals surface area (Å²) < 4.78 is 10.1. The van der Waals surface area contributed by atoms with Crippen molar-refractivity contribution < 1.29 is 19.4 Å².